The molecule has 2 heterocycles. The van der Waals surface area contributed by atoms with E-state index < -0.39 is 6.04 Å². The molecule has 0 aliphatic heterocycles. The molecule has 2 aromatic rings. The summed E-state index contributed by atoms with van der Waals surface area (Å²) < 4.78 is 1.64. The molecule has 1 atom stereocenters. The number of nitrogens with zero attached hydrogens (tertiary/aromatic N) is 4. The molecule has 0 fully saturated rings. The number of aromatic nitrogens is 3. The topological polar surface area (TPSA) is 77.0 Å². The average molecular weight is 273 g/mol. The minimum absolute atomic E-state index is 0.117. The smallest absolute Gasteiger partial charge is 0.243 e. The number of carbonyl (C=O) groups excluding carboxylic acids is 1. The Morgan fingerprint density at radius 3 is 2.90 bits per heavy atom. The summed E-state index contributed by atoms with van der Waals surface area (Å²) in [7, 11) is 3.55. The summed E-state index contributed by atoms with van der Waals surface area (Å²) in [4.78, 5) is 18.1. The Balaban J connectivity index is 1.91. The predicted octanol–water partition coefficient (Wildman–Crippen LogP) is 0.516. The highest BCUT2D eigenvalue weighted by atomic mass is 16.2. The average Bonchev–Trinajstić information content (AvgIpc) is 2.91. The van der Waals surface area contributed by atoms with Gasteiger partial charge in [0.05, 0.1) is 6.20 Å². The van der Waals surface area contributed by atoms with Crippen LogP contribution in [0.2, 0.25) is 0 Å². The second-order valence-corrected chi connectivity index (χ2v) is 4.76. The zero-order valence-corrected chi connectivity index (χ0v) is 11.7. The number of hydrogen-bond donors (Lipinski definition) is 1. The van der Waals surface area contributed by atoms with Crippen molar-refractivity contribution in [3.05, 3.63) is 48.0 Å². The summed E-state index contributed by atoms with van der Waals surface area (Å²) in [5.74, 6) is -0.117. The first-order chi connectivity index (χ1) is 9.58. The second kappa shape index (κ2) is 6.29. The van der Waals surface area contributed by atoms with E-state index in [0.29, 0.717) is 13.0 Å². The number of pyridine rings is 1. The van der Waals surface area contributed by atoms with Crippen LogP contribution in [0.1, 0.15) is 17.3 Å². The maximum absolute atomic E-state index is 12.2. The number of aryl methyl sites for hydroxylation is 1. The molecule has 20 heavy (non-hydrogen) atoms. The lowest BCUT2D eigenvalue weighted by Crippen LogP contribution is -2.37. The fourth-order valence-electron chi connectivity index (χ4n) is 1.92. The molecule has 2 N–H and O–H groups in total. The van der Waals surface area contributed by atoms with E-state index in [4.69, 9.17) is 5.73 Å². The third-order valence-corrected chi connectivity index (χ3v) is 3.16. The summed E-state index contributed by atoms with van der Waals surface area (Å²) in [5, 5.41) is 4.03. The normalized spacial score (nSPS) is 12.2. The van der Waals surface area contributed by atoms with Crippen LogP contribution >= 0.6 is 0 Å². The van der Waals surface area contributed by atoms with Crippen molar-refractivity contribution in [2.75, 3.05) is 13.6 Å². The quantitative estimate of drug-likeness (QED) is 0.861. The van der Waals surface area contributed by atoms with Crippen LogP contribution in [0.15, 0.2) is 36.8 Å². The number of hydrogen-bond acceptors (Lipinski definition) is 4. The summed E-state index contributed by atoms with van der Waals surface area (Å²) in [6.45, 7) is 0.587. The third kappa shape index (κ3) is 3.42. The van der Waals surface area contributed by atoms with E-state index in [1.54, 1.807) is 42.3 Å². The molecule has 0 bridgehead atoms. The van der Waals surface area contributed by atoms with Gasteiger partial charge in [-0.2, -0.15) is 5.10 Å². The molecule has 6 heteroatoms. The van der Waals surface area contributed by atoms with E-state index >= 15 is 0 Å². The molecule has 0 aliphatic rings. The highest BCUT2D eigenvalue weighted by Crippen LogP contribution is 2.11. The molecule has 1 unspecified atom stereocenters. The molecule has 0 saturated heterocycles. The van der Waals surface area contributed by atoms with Crippen LogP contribution in [-0.4, -0.2) is 39.2 Å². The molecule has 2 rings (SSSR count). The van der Waals surface area contributed by atoms with Crippen molar-refractivity contribution in [1.82, 2.24) is 19.7 Å². The van der Waals surface area contributed by atoms with Gasteiger partial charge in [0.15, 0.2) is 0 Å². The van der Waals surface area contributed by atoms with Gasteiger partial charge < -0.3 is 10.6 Å². The highest BCUT2D eigenvalue weighted by Gasteiger charge is 2.20. The van der Waals surface area contributed by atoms with Crippen molar-refractivity contribution in [2.24, 2.45) is 12.8 Å². The van der Waals surface area contributed by atoms with Crippen LogP contribution in [0.25, 0.3) is 0 Å². The van der Waals surface area contributed by atoms with Crippen molar-refractivity contribution < 1.29 is 4.79 Å². The van der Waals surface area contributed by atoms with E-state index in [-0.39, 0.29) is 5.91 Å². The van der Waals surface area contributed by atoms with Gasteiger partial charge in [0, 0.05) is 50.7 Å². The lowest BCUT2D eigenvalue weighted by molar-refractivity contribution is -0.131. The van der Waals surface area contributed by atoms with Crippen molar-refractivity contribution in [3.63, 3.8) is 0 Å². The lowest BCUT2D eigenvalue weighted by atomic mass is 10.1. The van der Waals surface area contributed by atoms with Crippen molar-refractivity contribution in [2.45, 2.75) is 12.5 Å². The Labute approximate surface area is 118 Å². The molecule has 0 aliphatic carbocycles. The molecule has 6 nitrogen and oxygen atoms in total. The summed E-state index contributed by atoms with van der Waals surface area (Å²) in [6.07, 6.45) is 5.84. The van der Waals surface area contributed by atoms with Crippen LogP contribution in [0.4, 0.5) is 0 Å². The molecule has 1 amide bonds. The van der Waals surface area contributed by atoms with Crippen LogP contribution < -0.4 is 5.73 Å². The number of nitrogens with two attached hydrogens (primary N) is 1. The van der Waals surface area contributed by atoms with Crippen LogP contribution in [-0.2, 0) is 18.3 Å². The van der Waals surface area contributed by atoms with Gasteiger partial charge in [-0.05, 0) is 12.1 Å². The Kier molecular flexibility index (Phi) is 4.47. The van der Waals surface area contributed by atoms with E-state index in [9.17, 15) is 4.79 Å². The van der Waals surface area contributed by atoms with Gasteiger partial charge >= 0.3 is 0 Å². The number of carbonyl (C=O) groups is 1. The van der Waals surface area contributed by atoms with Crippen LogP contribution in [0.5, 0.6) is 0 Å². The van der Waals surface area contributed by atoms with E-state index in [1.165, 1.54) is 0 Å². The van der Waals surface area contributed by atoms with Gasteiger partial charge in [0.1, 0.15) is 6.04 Å². The molecule has 2 aromatic heterocycles. The molecule has 0 radical (unpaired) electrons. The van der Waals surface area contributed by atoms with Gasteiger partial charge in [0.2, 0.25) is 5.91 Å². The van der Waals surface area contributed by atoms with Crippen LogP contribution in [0, 0.1) is 0 Å². The number of rotatable bonds is 5. The molecular weight excluding hydrogens is 254 g/mol. The minimum atomic E-state index is -0.669. The fourth-order valence-corrected chi connectivity index (χ4v) is 1.92. The first-order valence-corrected chi connectivity index (χ1v) is 6.47. The van der Waals surface area contributed by atoms with Gasteiger partial charge in [0.25, 0.3) is 0 Å². The summed E-state index contributed by atoms with van der Waals surface area (Å²) in [5.41, 5.74) is 7.65. The van der Waals surface area contributed by atoms with Crippen molar-refractivity contribution >= 4 is 5.91 Å². The van der Waals surface area contributed by atoms with Gasteiger partial charge in [-0.1, -0.05) is 6.07 Å². The molecule has 0 aromatic carbocycles. The monoisotopic (exact) mass is 273 g/mol. The van der Waals surface area contributed by atoms with E-state index in [0.717, 1.165) is 11.3 Å². The third-order valence-electron chi connectivity index (χ3n) is 3.16. The predicted molar refractivity (Wildman–Crippen MR) is 75.7 cm³/mol. The standard InChI is InChI=1S/C14H19N5O/c1-18(8-6-12-5-3-4-7-16-12)14(20)13(15)11-9-17-19(2)10-11/h3-5,7,9-10,13H,6,8,15H2,1-2H3. The van der Waals surface area contributed by atoms with Crippen molar-refractivity contribution in [3.8, 4) is 0 Å². The number of likely N-dealkylation sites (N-methyl/N-ethyl adjacent to an activating group) is 1. The van der Waals surface area contributed by atoms with E-state index in [1.807, 2.05) is 18.2 Å². The zero-order chi connectivity index (χ0) is 14.5. The lowest BCUT2D eigenvalue weighted by Gasteiger charge is -2.20. The second-order valence-electron chi connectivity index (χ2n) is 4.76. The summed E-state index contributed by atoms with van der Waals surface area (Å²) in [6, 6.07) is 5.08. The van der Waals surface area contributed by atoms with Gasteiger partial charge in [-0.15, -0.1) is 0 Å². The van der Waals surface area contributed by atoms with Gasteiger partial charge in [-0.3, -0.25) is 14.5 Å². The minimum Gasteiger partial charge on any atom is -0.344 e. The van der Waals surface area contributed by atoms with Crippen molar-refractivity contribution in [1.29, 1.82) is 0 Å². The fraction of sp³-hybridized carbons (Fsp3) is 0.357. The summed E-state index contributed by atoms with van der Waals surface area (Å²) >= 11 is 0. The SMILES string of the molecule is CN(CCc1ccccn1)C(=O)C(N)c1cnn(C)c1. The molecule has 0 spiro atoms. The maximum atomic E-state index is 12.2. The van der Waals surface area contributed by atoms with E-state index in [2.05, 4.69) is 10.1 Å². The van der Waals surface area contributed by atoms with Gasteiger partial charge in [-0.25, -0.2) is 0 Å². The highest BCUT2D eigenvalue weighted by molar-refractivity contribution is 5.82. The Morgan fingerprint density at radius 1 is 1.50 bits per heavy atom. The first-order valence-electron chi connectivity index (χ1n) is 6.47. The Morgan fingerprint density at radius 2 is 2.30 bits per heavy atom. The molecule has 0 saturated carbocycles. The Bertz CT molecular complexity index is 566. The molecular formula is C14H19N5O. The largest absolute Gasteiger partial charge is 0.344 e. The maximum Gasteiger partial charge on any atom is 0.243 e. The van der Waals surface area contributed by atoms with Crippen LogP contribution in [0.3, 0.4) is 0 Å². The first kappa shape index (κ1) is 14.2. The number of amides is 1. The molecule has 106 valence electrons. The zero-order valence-electron chi connectivity index (χ0n) is 11.7. The Hall–Kier alpha value is -2.21.